The van der Waals surface area contributed by atoms with Crippen molar-refractivity contribution in [2.75, 3.05) is 0 Å². The molecule has 4 nitrogen and oxygen atoms in total. The molecular weight excluding hydrogens is 374 g/mol. The maximum atomic E-state index is 12.6. The molecule has 3 aromatic rings. The first kappa shape index (κ1) is 18.4. The van der Waals surface area contributed by atoms with E-state index in [1.54, 1.807) is 17.7 Å². The Kier molecular flexibility index (Phi) is 5.45. The summed E-state index contributed by atoms with van der Waals surface area (Å²) in [7, 11) is 0. The second-order valence-electron chi connectivity index (χ2n) is 7.17. The SMILES string of the molecule is C[C@@H]1CCc2c(sc3ncnc(S[C@@H](C)C(=O)NCc4ccccc4)c23)C1. The highest BCUT2D eigenvalue weighted by atomic mass is 32.2. The van der Waals surface area contributed by atoms with Gasteiger partial charge < -0.3 is 5.32 Å². The van der Waals surface area contributed by atoms with Gasteiger partial charge in [-0.2, -0.15) is 0 Å². The molecule has 0 spiro atoms. The lowest BCUT2D eigenvalue weighted by Gasteiger charge is -2.18. The summed E-state index contributed by atoms with van der Waals surface area (Å²) in [6, 6.07) is 9.98. The fourth-order valence-corrected chi connectivity index (χ4v) is 5.87. The normalized spacial score (nSPS) is 17.5. The molecular formula is C21H23N3OS2. The molecule has 1 N–H and O–H groups in total. The molecule has 1 aliphatic carbocycles. The minimum absolute atomic E-state index is 0.0355. The van der Waals surface area contributed by atoms with Crippen LogP contribution in [-0.2, 0) is 24.2 Å². The van der Waals surface area contributed by atoms with E-state index in [0.717, 1.165) is 34.2 Å². The Balaban J connectivity index is 1.50. The maximum Gasteiger partial charge on any atom is 0.233 e. The summed E-state index contributed by atoms with van der Waals surface area (Å²) in [4.78, 5) is 24.1. The Hall–Kier alpha value is -1.92. The highest BCUT2D eigenvalue weighted by molar-refractivity contribution is 8.00. The third kappa shape index (κ3) is 4.01. The van der Waals surface area contributed by atoms with Gasteiger partial charge in [0.15, 0.2) is 0 Å². The standard InChI is InChI=1S/C21H23N3OS2/c1-13-8-9-16-17(10-13)27-21-18(16)20(23-12-24-21)26-14(2)19(25)22-11-15-6-4-3-5-7-15/h3-7,12-14H,8-11H2,1-2H3,(H,22,25)/t13-,14+/m1/s1. The van der Waals surface area contributed by atoms with E-state index in [-0.39, 0.29) is 11.2 Å². The third-order valence-electron chi connectivity index (χ3n) is 5.02. The molecule has 1 aromatic carbocycles. The predicted octanol–water partition coefficient (Wildman–Crippen LogP) is 4.61. The fraction of sp³-hybridized carbons (Fsp3) is 0.381. The monoisotopic (exact) mass is 397 g/mol. The van der Waals surface area contributed by atoms with Gasteiger partial charge in [-0.1, -0.05) is 49.0 Å². The molecule has 0 fully saturated rings. The minimum Gasteiger partial charge on any atom is -0.351 e. The number of rotatable bonds is 5. The molecule has 2 atom stereocenters. The largest absolute Gasteiger partial charge is 0.351 e. The number of nitrogens with one attached hydrogen (secondary N) is 1. The number of amides is 1. The predicted molar refractivity (Wildman–Crippen MR) is 112 cm³/mol. The van der Waals surface area contributed by atoms with Crippen molar-refractivity contribution in [3.8, 4) is 0 Å². The number of hydrogen-bond donors (Lipinski definition) is 1. The first-order chi connectivity index (χ1) is 13.1. The highest BCUT2D eigenvalue weighted by Crippen LogP contribution is 2.41. The van der Waals surface area contributed by atoms with Gasteiger partial charge in [-0.25, -0.2) is 9.97 Å². The Labute approximate surface area is 167 Å². The van der Waals surface area contributed by atoms with Crippen LogP contribution in [0.5, 0.6) is 0 Å². The Morgan fingerprint density at radius 2 is 2.15 bits per heavy atom. The Morgan fingerprint density at radius 3 is 2.96 bits per heavy atom. The molecule has 1 aliphatic rings. The van der Waals surface area contributed by atoms with Crippen LogP contribution in [0.25, 0.3) is 10.2 Å². The number of thiophene rings is 1. The molecule has 27 heavy (non-hydrogen) atoms. The van der Waals surface area contributed by atoms with Crippen molar-refractivity contribution in [3.63, 3.8) is 0 Å². The lowest BCUT2D eigenvalue weighted by atomic mass is 9.89. The number of aryl methyl sites for hydroxylation is 1. The van der Waals surface area contributed by atoms with Crippen LogP contribution < -0.4 is 5.32 Å². The molecule has 0 saturated heterocycles. The van der Waals surface area contributed by atoms with Crippen molar-refractivity contribution in [2.45, 2.75) is 49.9 Å². The molecule has 0 aliphatic heterocycles. The zero-order valence-corrected chi connectivity index (χ0v) is 17.2. The van der Waals surface area contributed by atoms with Crippen LogP contribution >= 0.6 is 23.1 Å². The molecule has 0 unspecified atom stereocenters. The van der Waals surface area contributed by atoms with E-state index in [1.165, 1.54) is 34.0 Å². The Morgan fingerprint density at radius 1 is 1.33 bits per heavy atom. The molecule has 1 amide bonds. The number of nitrogens with zero attached hydrogens (tertiary/aromatic N) is 2. The van der Waals surface area contributed by atoms with Crippen molar-refractivity contribution in [1.29, 1.82) is 0 Å². The first-order valence-corrected chi connectivity index (χ1v) is 11.0. The number of benzene rings is 1. The molecule has 4 rings (SSSR count). The van der Waals surface area contributed by atoms with Crippen LogP contribution in [0.3, 0.4) is 0 Å². The van der Waals surface area contributed by atoms with Gasteiger partial charge in [0.05, 0.1) is 5.25 Å². The number of hydrogen-bond acceptors (Lipinski definition) is 5. The number of fused-ring (bicyclic) bond motifs is 3. The molecule has 2 heterocycles. The summed E-state index contributed by atoms with van der Waals surface area (Å²) in [6.07, 6.45) is 5.06. The summed E-state index contributed by atoms with van der Waals surface area (Å²) in [5.41, 5.74) is 2.52. The van der Waals surface area contributed by atoms with Gasteiger partial charge in [-0.15, -0.1) is 11.3 Å². The molecule has 6 heteroatoms. The van der Waals surface area contributed by atoms with Gasteiger partial charge >= 0.3 is 0 Å². The van der Waals surface area contributed by atoms with E-state index >= 15 is 0 Å². The maximum absolute atomic E-state index is 12.6. The zero-order chi connectivity index (χ0) is 18.8. The quantitative estimate of drug-likeness (QED) is 0.504. The highest BCUT2D eigenvalue weighted by Gasteiger charge is 2.25. The van der Waals surface area contributed by atoms with Crippen LogP contribution in [0.15, 0.2) is 41.7 Å². The van der Waals surface area contributed by atoms with E-state index in [2.05, 4.69) is 22.2 Å². The molecule has 140 valence electrons. The third-order valence-corrected chi connectivity index (χ3v) is 7.29. The van der Waals surface area contributed by atoms with E-state index in [1.807, 2.05) is 37.3 Å². The summed E-state index contributed by atoms with van der Waals surface area (Å²) < 4.78 is 0. The van der Waals surface area contributed by atoms with Crippen molar-refractivity contribution in [3.05, 3.63) is 52.7 Å². The lowest BCUT2D eigenvalue weighted by Crippen LogP contribution is -2.30. The first-order valence-electron chi connectivity index (χ1n) is 9.35. The van der Waals surface area contributed by atoms with Crippen molar-refractivity contribution >= 4 is 39.2 Å². The molecule has 0 radical (unpaired) electrons. The van der Waals surface area contributed by atoms with Crippen LogP contribution in [0.1, 0.15) is 36.3 Å². The number of aromatic nitrogens is 2. The van der Waals surface area contributed by atoms with E-state index in [4.69, 9.17) is 0 Å². The Bertz CT molecular complexity index is 955. The van der Waals surface area contributed by atoms with Crippen LogP contribution in [0.4, 0.5) is 0 Å². The van der Waals surface area contributed by atoms with E-state index < -0.39 is 0 Å². The summed E-state index contributed by atoms with van der Waals surface area (Å²) in [6.45, 7) is 4.81. The fourth-order valence-electron chi connectivity index (χ4n) is 3.49. The summed E-state index contributed by atoms with van der Waals surface area (Å²) >= 11 is 3.33. The van der Waals surface area contributed by atoms with E-state index in [9.17, 15) is 4.79 Å². The molecule has 2 aromatic heterocycles. The van der Waals surface area contributed by atoms with Gasteiger partial charge in [0.2, 0.25) is 5.91 Å². The average molecular weight is 398 g/mol. The molecule has 0 bridgehead atoms. The van der Waals surface area contributed by atoms with E-state index in [0.29, 0.717) is 6.54 Å². The second-order valence-corrected chi connectivity index (χ2v) is 9.59. The van der Waals surface area contributed by atoms with Crippen LogP contribution in [-0.4, -0.2) is 21.1 Å². The van der Waals surface area contributed by atoms with Crippen molar-refractivity contribution < 1.29 is 4.79 Å². The summed E-state index contributed by atoms with van der Waals surface area (Å²) in [5.74, 6) is 0.769. The zero-order valence-electron chi connectivity index (χ0n) is 15.6. The van der Waals surface area contributed by atoms with Gasteiger partial charge in [-0.05, 0) is 43.2 Å². The van der Waals surface area contributed by atoms with Gasteiger partial charge in [0.25, 0.3) is 0 Å². The number of thioether (sulfide) groups is 1. The van der Waals surface area contributed by atoms with Crippen molar-refractivity contribution in [2.24, 2.45) is 5.92 Å². The topological polar surface area (TPSA) is 54.9 Å². The summed E-state index contributed by atoms with van der Waals surface area (Å²) in [5, 5.41) is 4.94. The average Bonchev–Trinajstić information content (AvgIpc) is 3.05. The van der Waals surface area contributed by atoms with Crippen molar-refractivity contribution in [1.82, 2.24) is 15.3 Å². The molecule has 0 saturated carbocycles. The second kappa shape index (κ2) is 7.98. The van der Waals surface area contributed by atoms with Crippen LogP contribution in [0.2, 0.25) is 0 Å². The van der Waals surface area contributed by atoms with Gasteiger partial charge in [0, 0.05) is 16.8 Å². The van der Waals surface area contributed by atoms with Gasteiger partial charge in [0.1, 0.15) is 16.2 Å². The minimum atomic E-state index is -0.204. The lowest BCUT2D eigenvalue weighted by molar-refractivity contribution is -0.120. The number of carbonyl (C=O) groups is 1. The van der Waals surface area contributed by atoms with Crippen LogP contribution in [0, 0.1) is 5.92 Å². The number of carbonyl (C=O) groups excluding carboxylic acids is 1. The smallest absolute Gasteiger partial charge is 0.233 e. The van der Waals surface area contributed by atoms with Gasteiger partial charge in [-0.3, -0.25) is 4.79 Å².